The second-order valence-electron chi connectivity index (χ2n) is 6.95. The lowest BCUT2D eigenvalue weighted by Crippen LogP contribution is -2.43. The Balaban J connectivity index is 1.68. The van der Waals surface area contributed by atoms with Gasteiger partial charge in [0.1, 0.15) is 0 Å². The fraction of sp³-hybridized carbons (Fsp3) is 0.364. The maximum Gasteiger partial charge on any atom is 0.255 e. The van der Waals surface area contributed by atoms with Crippen LogP contribution in [0.2, 0.25) is 0 Å². The predicted molar refractivity (Wildman–Crippen MR) is 105 cm³/mol. The number of hydrogen-bond donors (Lipinski definition) is 1. The molecule has 0 aromatic heterocycles. The first-order valence-corrected chi connectivity index (χ1v) is 9.37. The number of anilines is 1. The van der Waals surface area contributed by atoms with Crippen molar-refractivity contribution in [1.29, 1.82) is 0 Å². The summed E-state index contributed by atoms with van der Waals surface area (Å²) in [6.45, 7) is 4.97. The van der Waals surface area contributed by atoms with Gasteiger partial charge in [0.05, 0.1) is 0 Å². The zero-order chi connectivity index (χ0) is 18.5. The first-order chi connectivity index (χ1) is 12.6. The molecule has 1 unspecified atom stereocenters. The normalized spacial score (nSPS) is 17.0. The van der Waals surface area contributed by atoms with Crippen LogP contribution < -0.4 is 5.32 Å². The molecule has 3 rings (SSSR count). The average molecular weight is 350 g/mol. The Morgan fingerprint density at radius 1 is 1.00 bits per heavy atom. The molecule has 1 aliphatic heterocycles. The molecule has 0 saturated carbocycles. The highest BCUT2D eigenvalue weighted by Crippen LogP contribution is 2.22. The summed E-state index contributed by atoms with van der Waals surface area (Å²) in [5.41, 5.74) is 3.11. The summed E-state index contributed by atoms with van der Waals surface area (Å²) in [6.07, 6.45) is 4.34. The van der Waals surface area contributed by atoms with E-state index in [1.807, 2.05) is 36.1 Å². The van der Waals surface area contributed by atoms with Crippen LogP contribution >= 0.6 is 0 Å². The molecule has 2 aromatic rings. The maximum absolute atomic E-state index is 12.8. The molecule has 2 amide bonds. The Labute approximate surface area is 155 Å². The summed E-state index contributed by atoms with van der Waals surface area (Å²) in [5, 5.41) is 2.88. The van der Waals surface area contributed by atoms with Gasteiger partial charge in [0.15, 0.2) is 0 Å². The van der Waals surface area contributed by atoms with Gasteiger partial charge in [-0.25, -0.2) is 0 Å². The van der Waals surface area contributed by atoms with E-state index in [2.05, 4.69) is 12.2 Å². The number of carbonyl (C=O) groups excluding carboxylic acids is 2. The van der Waals surface area contributed by atoms with E-state index < -0.39 is 0 Å². The first kappa shape index (κ1) is 18.2. The fourth-order valence-electron chi connectivity index (χ4n) is 3.46. The van der Waals surface area contributed by atoms with E-state index in [4.69, 9.17) is 0 Å². The Morgan fingerprint density at radius 3 is 2.31 bits per heavy atom. The standard InChI is InChI=1S/C22H26N2O2/c1-3-20-6-4-5-15-24(20)22(26)18-11-9-17(10-12-18)21(25)23-19-13-7-16(2)8-14-19/h7-14,20H,3-6,15H2,1-2H3,(H,23,25). The largest absolute Gasteiger partial charge is 0.336 e. The molecule has 1 fully saturated rings. The molecule has 0 aliphatic carbocycles. The van der Waals surface area contributed by atoms with Crippen molar-refractivity contribution < 1.29 is 9.59 Å². The van der Waals surface area contributed by atoms with Crippen LogP contribution in [0.4, 0.5) is 5.69 Å². The Bertz CT molecular complexity index is 766. The van der Waals surface area contributed by atoms with Crippen LogP contribution in [-0.4, -0.2) is 29.3 Å². The molecule has 0 spiro atoms. The summed E-state index contributed by atoms with van der Waals surface area (Å²) in [6, 6.07) is 15.0. The molecule has 1 saturated heterocycles. The highest BCUT2D eigenvalue weighted by molar-refractivity contribution is 6.05. The molecular formula is C22H26N2O2. The zero-order valence-corrected chi connectivity index (χ0v) is 15.5. The number of hydrogen-bond acceptors (Lipinski definition) is 2. The van der Waals surface area contributed by atoms with Crippen molar-refractivity contribution in [3.8, 4) is 0 Å². The molecular weight excluding hydrogens is 324 g/mol. The Morgan fingerprint density at radius 2 is 1.65 bits per heavy atom. The van der Waals surface area contributed by atoms with Gasteiger partial charge in [0.25, 0.3) is 11.8 Å². The predicted octanol–water partition coefficient (Wildman–Crippen LogP) is 4.65. The van der Waals surface area contributed by atoms with Gasteiger partial charge in [0, 0.05) is 29.4 Å². The molecule has 26 heavy (non-hydrogen) atoms. The minimum Gasteiger partial charge on any atom is -0.336 e. The number of aryl methyl sites for hydroxylation is 1. The van der Waals surface area contributed by atoms with Crippen molar-refractivity contribution in [2.75, 3.05) is 11.9 Å². The summed E-state index contributed by atoms with van der Waals surface area (Å²) in [5.74, 6) is -0.0979. The van der Waals surface area contributed by atoms with E-state index >= 15 is 0 Å². The van der Waals surface area contributed by atoms with E-state index in [1.165, 1.54) is 6.42 Å². The highest BCUT2D eigenvalue weighted by atomic mass is 16.2. The van der Waals surface area contributed by atoms with Gasteiger partial charge in [-0.3, -0.25) is 9.59 Å². The number of nitrogens with zero attached hydrogens (tertiary/aromatic N) is 1. The molecule has 4 nitrogen and oxygen atoms in total. The topological polar surface area (TPSA) is 49.4 Å². The van der Waals surface area contributed by atoms with Crippen molar-refractivity contribution in [1.82, 2.24) is 4.90 Å². The van der Waals surface area contributed by atoms with Crippen molar-refractivity contribution in [2.45, 2.75) is 45.6 Å². The molecule has 1 aliphatic rings. The van der Waals surface area contributed by atoms with Crippen LogP contribution in [-0.2, 0) is 0 Å². The van der Waals surface area contributed by atoms with Gasteiger partial charge in [-0.15, -0.1) is 0 Å². The molecule has 4 heteroatoms. The van der Waals surface area contributed by atoms with E-state index in [0.29, 0.717) is 17.2 Å². The Hall–Kier alpha value is -2.62. The lowest BCUT2D eigenvalue weighted by atomic mass is 9.98. The summed E-state index contributed by atoms with van der Waals surface area (Å²) in [4.78, 5) is 27.2. The molecule has 1 heterocycles. The van der Waals surface area contributed by atoms with Crippen LogP contribution in [0.15, 0.2) is 48.5 Å². The number of rotatable bonds is 4. The minimum absolute atomic E-state index is 0.0713. The van der Waals surface area contributed by atoms with Crippen molar-refractivity contribution in [2.24, 2.45) is 0 Å². The summed E-state index contributed by atoms with van der Waals surface area (Å²) in [7, 11) is 0. The van der Waals surface area contributed by atoms with Gasteiger partial charge >= 0.3 is 0 Å². The monoisotopic (exact) mass is 350 g/mol. The number of carbonyl (C=O) groups is 2. The first-order valence-electron chi connectivity index (χ1n) is 9.37. The highest BCUT2D eigenvalue weighted by Gasteiger charge is 2.26. The maximum atomic E-state index is 12.8. The van der Waals surface area contributed by atoms with Crippen LogP contribution in [0.1, 0.15) is 58.9 Å². The van der Waals surface area contributed by atoms with E-state index in [0.717, 1.165) is 37.1 Å². The number of nitrogens with one attached hydrogen (secondary N) is 1. The van der Waals surface area contributed by atoms with Crippen molar-refractivity contribution in [3.63, 3.8) is 0 Å². The Kier molecular flexibility index (Phi) is 5.71. The SMILES string of the molecule is CCC1CCCCN1C(=O)c1ccc(C(=O)Nc2ccc(C)cc2)cc1. The number of likely N-dealkylation sites (tertiary alicyclic amines) is 1. The number of amides is 2. The summed E-state index contributed by atoms with van der Waals surface area (Å²) < 4.78 is 0. The second-order valence-corrected chi connectivity index (χ2v) is 6.95. The molecule has 0 bridgehead atoms. The molecule has 1 atom stereocenters. The van der Waals surface area contributed by atoms with E-state index in [-0.39, 0.29) is 11.8 Å². The molecule has 1 N–H and O–H groups in total. The fourth-order valence-corrected chi connectivity index (χ4v) is 3.46. The van der Waals surface area contributed by atoms with Crippen molar-refractivity contribution in [3.05, 3.63) is 65.2 Å². The number of benzene rings is 2. The lowest BCUT2D eigenvalue weighted by Gasteiger charge is -2.35. The van der Waals surface area contributed by atoms with Crippen LogP contribution in [0.25, 0.3) is 0 Å². The quantitative estimate of drug-likeness (QED) is 0.872. The van der Waals surface area contributed by atoms with Crippen LogP contribution in [0.5, 0.6) is 0 Å². The number of piperidine rings is 1. The van der Waals surface area contributed by atoms with Gasteiger partial charge < -0.3 is 10.2 Å². The van der Waals surface area contributed by atoms with Gasteiger partial charge in [-0.1, -0.05) is 24.6 Å². The lowest BCUT2D eigenvalue weighted by molar-refractivity contribution is 0.0607. The third kappa shape index (κ3) is 4.13. The van der Waals surface area contributed by atoms with Crippen molar-refractivity contribution >= 4 is 17.5 Å². The van der Waals surface area contributed by atoms with Gasteiger partial charge in [-0.2, -0.15) is 0 Å². The average Bonchev–Trinajstić information content (AvgIpc) is 2.69. The van der Waals surface area contributed by atoms with E-state index in [1.54, 1.807) is 24.3 Å². The molecule has 136 valence electrons. The third-order valence-electron chi connectivity index (χ3n) is 5.06. The molecule has 2 aromatic carbocycles. The third-order valence-corrected chi connectivity index (χ3v) is 5.06. The smallest absolute Gasteiger partial charge is 0.255 e. The van der Waals surface area contributed by atoms with E-state index in [9.17, 15) is 9.59 Å². The second kappa shape index (κ2) is 8.17. The van der Waals surface area contributed by atoms with Gasteiger partial charge in [0.2, 0.25) is 0 Å². The summed E-state index contributed by atoms with van der Waals surface area (Å²) >= 11 is 0. The van der Waals surface area contributed by atoms with Gasteiger partial charge in [-0.05, 0) is 69.0 Å². The van der Waals surface area contributed by atoms with Crippen LogP contribution in [0.3, 0.4) is 0 Å². The zero-order valence-electron chi connectivity index (χ0n) is 15.5. The van der Waals surface area contributed by atoms with Crippen LogP contribution in [0, 0.1) is 6.92 Å². The minimum atomic E-state index is -0.169. The molecule has 0 radical (unpaired) electrons.